The van der Waals surface area contributed by atoms with E-state index in [1.54, 1.807) is 0 Å². The van der Waals surface area contributed by atoms with Crippen LogP contribution in [0.25, 0.3) is 0 Å². The zero-order valence-corrected chi connectivity index (χ0v) is 13.8. The van der Waals surface area contributed by atoms with Crippen LogP contribution in [0.15, 0.2) is 0 Å². The average molecular weight is 280 g/mol. The van der Waals surface area contributed by atoms with E-state index in [-0.39, 0.29) is 0 Å². The maximum Gasteiger partial charge on any atom is 0.00983 e. The summed E-state index contributed by atoms with van der Waals surface area (Å²) < 4.78 is 0. The van der Waals surface area contributed by atoms with Crippen LogP contribution >= 0.6 is 0 Å². The molecule has 1 unspecified atom stereocenters. The van der Waals surface area contributed by atoms with Crippen molar-refractivity contribution in [3.63, 3.8) is 0 Å². The summed E-state index contributed by atoms with van der Waals surface area (Å²) in [4.78, 5) is 2.91. The lowest BCUT2D eigenvalue weighted by Gasteiger charge is -2.43. The molecule has 0 aromatic carbocycles. The molecule has 0 bridgehead atoms. The molecule has 0 aromatic rings. The van der Waals surface area contributed by atoms with Crippen LogP contribution < -0.4 is 5.73 Å². The van der Waals surface area contributed by atoms with E-state index in [1.165, 1.54) is 70.8 Å². The highest BCUT2D eigenvalue weighted by molar-refractivity contribution is 4.86. The van der Waals surface area contributed by atoms with Crippen molar-refractivity contribution in [3.8, 4) is 0 Å². The fourth-order valence-corrected chi connectivity index (χ4v) is 4.25. The predicted octanol–water partition coefficient (Wildman–Crippen LogP) is 4.18. The molecule has 2 heteroatoms. The summed E-state index contributed by atoms with van der Waals surface area (Å²) in [5.74, 6) is 1.40. The summed E-state index contributed by atoms with van der Waals surface area (Å²) in [6, 6.07) is 1.72. The van der Waals surface area contributed by atoms with Gasteiger partial charge in [0.2, 0.25) is 0 Å². The van der Waals surface area contributed by atoms with Crippen LogP contribution in [0.4, 0.5) is 0 Å². The highest BCUT2D eigenvalue weighted by Gasteiger charge is 2.30. The number of hydrogen-bond acceptors (Lipinski definition) is 2. The van der Waals surface area contributed by atoms with Gasteiger partial charge in [-0.2, -0.15) is 0 Å². The van der Waals surface area contributed by atoms with Gasteiger partial charge in [0.1, 0.15) is 0 Å². The van der Waals surface area contributed by atoms with E-state index < -0.39 is 0 Å². The minimum absolute atomic E-state index is 0.679. The van der Waals surface area contributed by atoms with Crippen LogP contribution in [-0.2, 0) is 0 Å². The van der Waals surface area contributed by atoms with Gasteiger partial charge < -0.3 is 5.73 Å². The zero-order valence-electron chi connectivity index (χ0n) is 13.8. The van der Waals surface area contributed by atoms with Crippen molar-refractivity contribution >= 4 is 0 Å². The van der Waals surface area contributed by atoms with E-state index in [0.717, 1.165) is 24.5 Å². The largest absolute Gasteiger partial charge is 0.330 e. The minimum atomic E-state index is 0.679. The SMILES string of the molecule is CC(C)C(CN)CN(C1CCCCC1)C1CCCCC1. The van der Waals surface area contributed by atoms with Crippen molar-refractivity contribution in [1.82, 2.24) is 4.90 Å². The Kier molecular flexibility index (Phi) is 6.83. The number of nitrogens with two attached hydrogens (primary N) is 1. The third-order valence-electron chi connectivity index (χ3n) is 5.78. The number of hydrogen-bond donors (Lipinski definition) is 1. The molecule has 0 saturated heterocycles. The predicted molar refractivity (Wildman–Crippen MR) is 87.8 cm³/mol. The monoisotopic (exact) mass is 280 g/mol. The van der Waals surface area contributed by atoms with Gasteiger partial charge in [-0.3, -0.25) is 4.90 Å². The van der Waals surface area contributed by atoms with Gasteiger partial charge in [-0.05, 0) is 44.1 Å². The maximum absolute atomic E-state index is 6.05. The number of rotatable bonds is 6. The van der Waals surface area contributed by atoms with E-state index in [2.05, 4.69) is 18.7 Å². The summed E-state index contributed by atoms with van der Waals surface area (Å²) in [6.07, 6.45) is 14.5. The molecule has 2 nitrogen and oxygen atoms in total. The zero-order chi connectivity index (χ0) is 14.4. The maximum atomic E-state index is 6.05. The molecule has 2 saturated carbocycles. The van der Waals surface area contributed by atoms with Crippen molar-refractivity contribution in [1.29, 1.82) is 0 Å². The Balaban J connectivity index is 2.01. The molecule has 0 aromatic heterocycles. The Morgan fingerprint density at radius 1 is 0.850 bits per heavy atom. The molecule has 2 aliphatic rings. The fraction of sp³-hybridized carbons (Fsp3) is 1.00. The van der Waals surface area contributed by atoms with E-state index in [0.29, 0.717) is 5.92 Å². The second kappa shape index (κ2) is 8.38. The molecule has 0 radical (unpaired) electrons. The molecular weight excluding hydrogens is 244 g/mol. The second-order valence-electron chi connectivity index (χ2n) is 7.52. The Morgan fingerprint density at radius 3 is 1.65 bits per heavy atom. The molecular formula is C18H36N2. The van der Waals surface area contributed by atoms with E-state index in [4.69, 9.17) is 5.73 Å². The Hall–Kier alpha value is -0.0800. The molecule has 2 rings (SSSR count). The van der Waals surface area contributed by atoms with E-state index >= 15 is 0 Å². The summed E-state index contributed by atoms with van der Waals surface area (Å²) in [6.45, 7) is 6.80. The van der Waals surface area contributed by atoms with Crippen molar-refractivity contribution in [2.75, 3.05) is 13.1 Å². The smallest absolute Gasteiger partial charge is 0.00983 e. The Morgan fingerprint density at radius 2 is 1.30 bits per heavy atom. The first-order valence-electron chi connectivity index (χ1n) is 9.18. The van der Waals surface area contributed by atoms with Gasteiger partial charge >= 0.3 is 0 Å². The third-order valence-corrected chi connectivity index (χ3v) is 5.78. The first-order chi connectivity index (χ1) is 9.72. The molecule has 0 amide bonds. The van der Waals surface area contributed by atoms with E-state index in [9.17, 15) is 0 Å². The van der Waals surface area contributed by atoms with Crippen LogP contribution in [0.1, 0.15) is 78.1 Å². The summed E-state index contributed by atoms with van der Waals surface area (Å²) in [7, 11) is 0. The summed E-state index contributed by atoms with van der Waals surface area (Å²) in [5.41, 5.74) is 6.05. The van der Waals surface area contributed by atoms with Crippen LogP contribution in [0.3, 0.4) is 0 Å². The van der Waals surface area contributed by atoms with Crippen LogP contribution in [0.2, 0.25) is 0 Å². The summed E-state index contributed by atoms with van der Waals surface area (Å²) >= 11 is 0. The molecule has 2 N–H and O–H groups in total. The number of nitrogens with zero attached hydrogens (tertiary/aromatic N) is 1. The van der Waals surface area contributed by atoms with Crippen LogP contribution in [0.5, 0.6) is 0 Å². The topological polar surface area (TPSA) is 29.3 Å². The van der Waals surface area contributed by atoms with E-state index in [1.807, 2.05) is 0 Å². The second-order valence-corrected chi connectivity index (χ2v) is 7.52. The molecule has 2 fully saturated rings. The van der Waals surface area contributed by atoms with Crippen LogP contribution in [0, 0.1) is 11.8 Å². The standard InChI is InChI=1S/C18H36N2/c1-15(2)16(13-19)14-20(17-9-5-3-6-10-17)18-11-7-4-8-12-18/h15-18H,3-14,19H2,1-2H3. The molecule has 0 heterocycles. The Labute approximate surface area is 126 Å². The molecule has 0 spiro atoms. The van der Waals surface area contributed by atoms with Gasteiger partial charge in [-0.1, -0.05) is 52.4 Å². The highest BCUT2D eigenvalue weighted by atomic mass is 15.2. The molecule has 2 aliphatic carbocycles. The third kappa shape index (κ3) is 4.46. The van der Waals surface area contributed by atoms with Gasteiger partial charge in [-0.15, -0.1) is 0 Å². The summed E-state index contributed by atoms with van der Waals surface area (Å²) in [5, 5.41) is 0. The Bertz CT molecular complexity index is 234. The molecule has 118 valence electrons. The fourth-order valence-electron chi connectivity index (χ4n) is 4.25. The van der Waals surface area contributed by atoms with Crippen molar-refractivity contribution in [3.05, 3.63) is 0 Å². The minimum Gasteiger partial charge on any atom is -0.330 e. The lowest BCUT2D eigenvalue weighted by atomic mass is 9.86. The van der Waals surface area contributed by atoms with Crippen molar-refractivity contribution in [2.24, 2.45) is 17.6 Å². The van der Waals surface area contributed by atoms with Gasteiger partial charge in [-0.25, -0.2) is 0 Å². The molecule has 0 aliphatic heterocycles. The van der Waals surface area contributed by atoms with Gasteiger partial charge in [0, 0.05) is 18.6 Å². The van der Waals surface area contributed by atoms with Crippen molar-refractivity contribution < 1.29 is 0 Å². The first-order valence-corrected chi connectivity index (χ1v) is 9.18. The molecule has 1 atom stereocenters. The lowest BCUT2D eigenvalue weighted by molar-refractivity contribution is 0.0574. The quantitative estimate of drug-likeness (QED) is 0.790. The van der Waals surface area contributed by atoms with Gasteiger partial charge in [0.15, 0.2) is 0 Å². The lowest BCUT2D eigenvalue weighted by Crippen LogP contribution is -2.49. The van der Waals surface area contributed by atoms with Gasteiger partial charge in [0.25, 0.3) is 0 Å². The highest BCUT2D eigenvalue weighted by Crippen LogP contribution is 2.31. The first kappa shape index (κ1) is 16.3. The van der Waals surface area contributed by atoms with Crippen molar-refractivity contribution in [2.45, 2.75) is 90.1 Å². The molecule has 20 heavy (non-hydrogen) atoms. The average Bonchev–Trinajstić information content (AvgIpc) is 2.50. The normalized spacial score (nSPS) is 24.4. The van der Waals surface area contributed by atoms with Crippen LogP contribution in [-0.4, -0.2) is 30.1 Å². The van der Waals surface area contributed by atoms with Gasteiger partial charge in [0.05, 0.1) is 0 Å².